The Labute approximate surface area is 117 Å². The minimum Gasteiger partial charge on any atom is -0.352 e. The van der Waals surface area contributed by atoms with E-state index in [-0.39, 0.29) is 24.1 Å². The highest BCUT2D eigenvalue weighted by molar-refractivity contribution is 5.76. The molecular weight excluding hydrogens is 258 g/mol. The number of nitrogens with zero attached hydrogens (tertiary/aromatic N) is 1. The van der Waals surface area contributed by atoms with Crippen molar-refractivity contribution in [2.45, 2.75) is 58.0 Å². The van der Waals surface area contributed by atoms with E-state index < -0.39 is 5.69 Å². The van der Waals surface area contributed by atoms with Crippen molar-refractivity contribution in [3.8, 4) is 0 Å². The van der Waals surface area contributed by atoms with Crippen LogP contribution in [0.15, 0.2) is 15.8 Å². The van der Waals surface area contributed by atoms with E-state index in [1.807, 2.05) is 6.92 Å². The van der Waals surface area contributed by atoms with Gasteiger partial charge in [0.15, 0.2) is 0 Å². The zero-order valence-electron chi connectivity index (χ0n) is 11.8. The Morgan fingerprint density at radius 2 is 2.05 bits per heavy atom. The molecule has 1 heterocycles. The fraction of sp³-hybridized carbons (Fsp3) is 0.643. The quantitative estimate of drug-likeness (QED) is 0.844. The maximum atomic E-state index is 12.0. The fourth-order valence-electron chi connectivity index (χ4n) is 2.60. The van der Waals surface area contributed by atoms with E-state index >= 15 is 0 Å². The van der Waals surface area contributed by atoms with Gasteiger partial charge in [0.2, 0.25) is 5.91 Å². The Hall–Kier alpha value is -1.85. The minimum absolute atomic E-state index is 0.0425. The summed E-state index contributed by atoms with van der Waals surface area (Å²) in [4.78, 5) is 37.3. The molecule has 6 heteroatoms. The second-order valence-corrected chi connectivity index (χ2v) is 5.30. The van der Waals surface area contributed by atoms with Crippen LogP contribution < -0.4 is 16.6 Å². The third-order valence-electron chi connectivity index (χ3n) is 3.75. The van der Waals surface area contributed by atoms with Crippen LogP contribution in [0.1, 0.15) is 44.6 Å². The lowest BCUT2D eigenvalue weighted by Crippen LogP contribution is -2.41. The Bertz CT molecular complexity index is 582. The molecule has 1 aliphatic rings. The van der Waals surface area contributed by atoms with Crippen molar-refractivity contribution >= 4 is 5.91 Å². The zero-order valence-corrected chi connectivity index (χ0v) is 11.8. The number of carbonyl (C=O) groups is 1. The highest BCUT2D eigenvalue weighted by Gasteiger charge is 2.16. The molecule has 1 fully saturated rings. The number of aryl methyl sites for hydroxylation is 1. The molecule has 0 radical (unpaired) electrons. The first-order chi connectivity index (χ1) is 9.60. The predicted molar refractivity (Wildman–Crippen MR) is 75.7 cm³/mol. The molecule has 0 aliphatic heterocycles. The van der Waals surface area contributed by atoms with E-state index in [1.54, 1.807) is 0 Å². The molecule has 1 amide bonds. The molecule has 0 spiro atoms. The summed E-state index contributed by atoms with van der Waals surface area (Å²) in [5.74, 6) is -0.173. The number of aromatic amines is 1. The van der Waals surface area contributed by atoms with Crippen molar-refractivity contribution in [1.82, 2.24) is 14.9 Å². The Kier molecular flexibility index (Phi) is 4.76. The second-order valence-electron chi connectivity index (χ2n) is 5.30. The zero-order chi connectivity index (χ0) is 14.5. The second kappa shape index (κ2) is 6.54. The van der Waals surface area contributed by atoms with Crippen molar-refractivity contribution in [2.24, 2.45) is 0 Å². The monoisotopic (exact) mass is 279 g/mol. The molecule has 2 N–H and O–H groups in total. The number of carbonyl (C=O) groups excluding carboxylic acids is 1. The van der Waals surface area contributed by atoms with Gasteiger partial charge in [-0.1, -0.05) is 26.2 Å². The molecule has 0 aromatic carbocycles. The van der Waals surface area contributed by atoms with Gasteiger partial charge in [-0.15, -0.1) is 0 Å². The maximum absolute atomic E-state index is 12.0. The molecule has 6 nitrogen and oxygen atoms in total. The third-order valence-corrected chi connectivity index (χ3v) is 3.75. The predicted octanol–water partition coefficient (Wildman–Crippen LogP) is 0.548. The molecule has 0 atom stereocenters. The highest BCUT2D eigenvalue weighted by atomic mass is 16.2. The molecule has 0 saturated heterocycles. The van der Waals surface area contributed by atoms with E-state index in [2.05, 4.69) is 10.3 Å². The van der Waals surface area contributed by atoms with Crippen molar-refractivity contribution in [1.29, 1.82) is 0 Å². The van der Waals surface area contributed by atoms with Crippen LogP contribution in [0.25, 0.3) is 0 Å². The number of rotatable bonds is 4. The Morgan fingerprint density at radius 1 is 1.35 bits per heavy atom. The van der Waals surface area contributed by atoms with Gasteiger partial charge in [-0.3, -0.25) is 19.1 Å². The number of H-pyrrole nitrogens is 1. The lowest BCUT2D eigenvalue weighted by Gasteiger charge is -2.22. The first-order valence-electron chi connectivity index (χ1n) is 7.22. The minimum atomic E-state index is -0.536. The number of aromatic nitrogens is 2. The van der Waals surface area contributed by atoms with Crippen molar-refractivity contribution < 1.29 is 4.79 Å². The van der Waals surface area contributed by atoms with Crippen molar-refractivity contribution in [2.75, 3.05) is 0 Å². The van der Waals surface area contributed by atoms with Gasteiger partial charge >= 0.3 is 5.69 Å². The summed E-state index contributed by atoms with van der Waals surface area (Å²) < 4.78 is 1.26. The summed E-state index contributed by atoms with van der Waals surface area (Å²) in [5.41, 5.74) is -0.400. The smallest absolute Gasteiger partial charge is 0.328 e. The Balaban J connectivity index is 2.03. The standard InChI is InChI=1S/C14H21N3O3/c1-2-10-8-17(14(20)16-13(10)19)9-12(18)15-11-6-4-3-5-7-11/h8,11H,2-7,9H2,1H3,(H,15,18)(H,16,19,20). The first-order valence-corrected chi connectivity index (χ1v) is 7.22. The van der Waals surface area contributed by atoms with Crippen molar-refractivity contribution in [3.63, 3.8) is 0 Å². The molecule has 1 aromatic rings. The summed E-state index contributed by atoms with van der Waals surface area (Å²) in [6.07, 6.45) is 7.53. The van der Waals surface area contributed by atoms with Crippen LogP contribution in [0.2, 0.25) is 0 Å². The van der Waals surface area contributed by atoms with Crippen LogP contribution in [-0.4, -0.2) is 21.5 Å². The summed E-state index contributed by atoms with van der Waals surface area (Å²) in [5, 5.41) is 2.96. The van der Waals surface area contributed by atoms with Crippen LogP contribution in [0.5, 0.6) is 0 Å². The molecule has 0 unspecified atom stereocenters. The average molecular weight is 279 g/mol. The molecule has 1 aromatic heterocycles. The van der Waals surface area contributed by atoms with Gasteiger partial charge in [-0.05, 0) is 19.3 Å². The highest BCUT2D eigenvalue weighted by Crippen LogP contribution is 2.17. The molecule has 20 heavy (non-hydrogen) atoms. The number of nitrogens with one attached hydrogen (secondary N) is 2. The van der Waals surface area contributed by atoms with Gasteiger partial charge < -0.3 is 5.32 Å². The average Bonchev–Trinajstić information content (AvgIpc) is 2.43. The topological polar surface area (TPSA) is 84.0 Å². The number of hydrogen-bond donors (Lipinski definition) is 2. The van der Waals surface area contributed by atoms with Crippen LogP contribution in [-0.2, 0) is 17.8 Å². The van der Waals surface area contributed by atoms with E-state index in [4.69, 9.17) is 0 Å². The summed E-state index contributed by atoms with van der Waals surface area (Å²) in [6.45, 7) is 1.79. The molecule has 0 bridgehead atoms. The van der Waals surface area contributed by atoms with E-state index in [0.717, 1.165) is 25.7 Å². The van der Waals surface area contributed by atoms with Gasteiger partial charge in [0.05, 0.1) is 0 Å². The summed E-state index contributed by atoms with van der Waals surface area (Å²) in [6, 6.07) is 0.223. The van der Waals surface area contributed by atoms with Gasteiger partial charge in [-0.2, -0.15) is 0 Å². The van der Waals surface area contributed by atoms with Crippen LogP contribution in [0.3, 0.4) is 0 Å². The molecule has 1 aliphatic carbocycles. The van der Waals surface area contributed by atoms with Gasteiger partial charge in [0.25, 0.3) is 5.56 Å². The van der Waals surface area contributed by atoms with Gasteiger partial charge in [0.1, 0.15) is 6.54 Å². The van der Waals surface area contributed by atoms with Crippen LogP contribution >= 0.6 is 0 Å². The maximum Gasteiger partial charge on any atom is 0.328 e. The Morgan fingerprint density at radius 3 is 2.70 bits per heavy atom. The first kappa shape index (κ1) is 14.6. The summed E-state index contributed by atoms with van der Waals surface area (Å²) >= 11 is 0. The lowest BCUT2D eigenvalue weighted by atomic mass is 9.95. The van der Waals surface area contributed by atoms with Gasteiger partial charge in [-0.25, -0.2) is 4.79 Å². The molecule has 1 saturated carbocycles. The van der Waals surface area contributed by atoms with E-state index in [9.17, 15) is 14.4 Å². The van der Waals surface area contributed by atoms with E-state index in [0.29, 0.717) is 12.0 Å². The normalized spacial score (nSPS) is 16.1. The summed E-state index contributed by atoms with van der Waals surface area (Å²) in [7, 11) is 0. The van der Waals surface area contributed by atoms with Crippen molar-refractivity contribution in [3.05, 3.63) is 32.6 Å². The van der Waals surface area contributed by atoms with E-state index in [1.165, 1.54) is 17.2 Å². The van der Waals surface area contributed by atoms with Gasteiger partial charge in [0, 0.05) is 17.8 Å². The lowest BCUT2D eigenvalue weighted by molar-refractivity contribution is -0.122. The SMILES string of the molecule is CCc1cn(CC(=O)NC2CCCCC2)c(=O)[nH]c1=O. The molecule has 110 valence electrons. The molecular formula is C14H21N3O3. The third kappa shape index (κ3) is 3.59. The van der Waals surface area contributed by atoms with Crippen LogP contribution in [0, 0.1) is 0 Å². The number of amides is 1. The fourth-order valence-corrected chi connectivity index (χ4v) is 2.60. The molecule has 2 rings (SSSR count). The largest absolute Gasteiger partial charge is 0.352 e. The van der Waals surface area contributed by atoms with Crippen LogP contribution in [0.4, 0.5) is 0 Å². The number of hydrogen-bond acceptors (Lipinski definition) is 3.